The summed E-state index contributed by atoms with van der Waals surface area (Å²) in [4.78, 5) is 17.2. The summed E-state index contributed by atoms with van der Waals surface area (Å²) in [6.07, 6.45) is 20.7. The molecular weight excluding hydrogens is 558 g/mol. The molecule has 7 nitrogen and oxygen atoms in total. The number of ether oxygens (including phenoxy) is 3. The highest BCUT2D eigenvalue weighted by Crippen LogP contribution is 2.51. The molecule has 240 valence electrons. The van der Waals surface area contributed by atoms with Gasteiger partial charge in [-0.25, -0.2) is 0 Å². The number of hydrazine groups is 1. The molecular formula is C35H55N3O4S. The SMILES string of the molecule is CC1NNC(C)C1(C1CCCCCC1)N(CC1(C2CCCCCCCC2)CCCS1)C(=O)COc1ccc2c(c1)OCO2. The predicted octanol–water partition coefficient (Wildman–Crippen LogP) is 7.23. The highest BCUT2D eigenvalue weighted by molar-refractivity contribution is 8.00. The van der Waals surface area contributed by atoms with Crippen molar-refractivity contribution in [2.75, 3.05) is 25.7 Å². The second-order valence-corrected chi connectivity index (χ2v) is 15.5. The quantitative estimate of drug-likeness (QED) is 0.300. The molecule has 5 aliphatic rings. The lowest BCUT2D eigenvalue weighted by atomic mass is 9.69. The second kappa shape index (κ2) is 14.2. The Morgan fingerprint density at radius 2 is 1.47 bits per heavy atom. The highest BCUT2D eigenvalue weighted by Gasteiger charge is 2.59. The van der Waals surface area contributed by atoms with Gasteiger partial charge in [0.25, 0.3) is 5.91 Å². The van der Waals surface area contributed by atoms with Crippen LogP contribution in [0, 0.1) is 11.8 Å². The van der Waals surface area contributed by atoms with Crippen molar-refractivity contribution < 1.29 is 19.0 Å². The molecule has 1 aromatic carbocycles. The van der Waals surface area contributed by atoms with Crippen molar-refractivity contribution in [3.8, 4) is 17.2 Å². The Morgan fingerprint density at radius 3 is 2.09 bits per heavy atom. The van der Waals surface area contributed by atoms with Gasteiger partial charge in [-0.05, 0) is 82.1 Å². The summed E-state index contributed by atoms with van der Waals surface area (Å²) >= 11 is 2.20. The lowest BCUT2D eigenvalue weighted by Crippen LogP contribution is -2.69. The van der Waals surface area contributed by atoms with Gasteiger partial charge < -0.3 is 19.1 Å². The Morgan fingerprint density at radius 1 is 0.860 bits per heavy atom. The maximum atomic E-state index is 14.8. The van der Waals surface area contributed by atoms with E-state index in [2.05, 4.69) is 41.4 Å². The van der Waals surface area contributed by atoms with Crippen molar-refractivity contribution in [2.45, 2.75) is 139 Å². The number of thioether (sulfide) groups is 1. The number of nitrogens with zero attached hydrogens (tertiary/aromatic N) is 1. The van der Waals surface area contributed by atoms with Crippen molar-refractivity contribution in [3.05, 3.63) is 18.2 Å². The maximum absolute atomic E-state index is 14.8. The monoisotopic (exact) mass is 613 g/mol. The van der Waals surface area contributed by atoms with E-state index in [-0.39, 0.29) is 41.7 Å². The number of amides is 1. The second-order valence-electron chi connectivity index (χ2n) is 14.0. The average Bonchev–Trinajstić information content (AvgIpc) is 3.72. The molecule has 4 fully saturated rings. The molecule has 2 saturated carbocycles. The Balaban J connectivity index is 1.34. The van der Waals surface area contributed by atoms with Gasteiger partial charge in [-0.2, -0.15) is 11.8 Å². The lowest BCUT2D eigenvalue weighted by Gasteiger charge is -2.54. The first kappa shape index (κ1) is 31.3. The van der Waals surface area contributed by atoms with Gasteiger partial charge in [0.15, 0.2) is 18.1 Å². The number of rotatable bonds is 8. The van der Waals surface area contributed by atoms with Crippen LogP contribution in [0.5, 0.6) is 17.2 Å². The van der Waals surface area contributed by atoms with E-state index in [0.717, 1.165) is 12.3 Å². The first-order valence-corrected chi connectivity index (χ1v) is 18.5. The molecule has 1 aromatic rings. The Bertz CT molecular complexity index is 1050. The number of nitrogens with one attached hydrogen (secondary N) is 2. The number of carbonyl (C=O) groups excluding carboxylic acids is 1. The average molecular weight is 614 g/mol. The summed E-state index contributed by atoms with van der Waals surface area (Å²) in [5.41, 5.74) is 6.98. The third-order valence-corrected chi connectivity index (χ3v) is 13.3. The largest absolute Gasteiger partial charge is 0.484 e. The van der Waals surface area contributed by atoms with Crippen molar-refractivity contribution in [1.29, 1.82) is 0 Å². The zero-order valence-electron chi connectivity index (χ0n) is 26.7. The summed E-state index contributed by atoms with van der Waals surface area (Å²) < 4.78 is 17.5. The number of hydrogen-bond donors (Lipinski definition) is 2. The van der Waals surface area contributed by atoms with E-state index in [1.165, 1.54) is 108 Å². The molecule has 43 heavy (non-hydrogen) atoms. The van der Waals surface area contributed by atoms with Crippen LogP contribution in [-0.2, 0) is 4.79 Å². The van der Waals surface area contributed by atoms with E-state index in [4.69, 9.17) is 14.2 Å². The molecule has 8 heteroatoms. The van der Waals surface area contributed by atoms with E-state index >= 15 is 0 Å². The molecule has 1 amide bonds. The molecule has 3 atom stereocenters. The van der Waals surface area contributed by atoms with Gasteiger partial charge >= 0.3 is 0 Å². The third-order valence-electron chi connectivity index (χ3n) is 11.5. The summed E-state index contributed by atoms with van der Waals surface area (Å²) in [5.74, 6) is 4.54. The summed E-state index contributed by atoms with van der Waals surface area (Å²) in [6, 6.07) is 5.94. The van der Waals surface area contributed by atoms with Gasteiger partial charge in [-0.1, -0.05) is 64.2 Å². The lowest BCUT2D eigenvalue weighted by molar-refractivity contribution is -0.146. The number of carbonyl (C=O) groups is 1. The van der Waals surface area contributed by atoms with E-state index in [0.29, 0.717) is 23.3 Å². The molecule has 3 heterocycles. The molecule has 0 spiro atoms. The van der Waals surface area contributed by atoms with Crippen molar-refractivity contribution >= 4 is 17.7 Å². The molecule has 2 saturated heterocycles. The summed E-state index contributed by atoms with van der Waals surface area (Å²) in [5, 5.41) is 0. The number of hydrogen-bond acceptors (Lipinski definition) is 7. The van der Waals surface area contributed by atoms with Crippen LogP contribution >= 0.6 is 11.8 Å². The zero-order chi connectivity index (χ0) is 29.7. The van der Waals surface area contributed by atoms with Gasteiger partial charge in [0, 0.05) is 29.4 Å². The molecule has 2 N–H and O–H groups in total. The van der Waals surface area contributed by atoms with Gasteiger partial charge in [0.05, 0.1) is 5.54 Å². The minimum atomic E-state index is -0.297. The molecule has 0 aromatic heterocycles. The summed E-state index contributed by atoms with van der Waals surface area (Å²) in [6.45, 7) is 5.73. The zero-order valence-corrected chi connectivity index (χ0v) is 27.5. The molecule has 2 aliphatic carbocycles. The maximum Gasteiger partial charge on any atom is 0.261 e. The van der Waals surface area contributed by atoms with Crippen LogP contribution in [0.3, 0.4) is 0 Å². The predicted molar refractivity (Wildman–Crippen MR) is 174 cm³/mol. The van der Waals surface area contributed by atoms with Crippen LogP contribution < -0.4 is 25.1 Å². The van der Waals surface area contributed by atoms with E-state index in [9.17, 15) is 4.79 Å². The van der Waals surface area contributed by atoms with Crippen LogP contribution in [0.2, 0.25) is 0 Å². The minimum absolute atomic E-state index is 0.0406. The van der Waals surface area contributed by atoms with Crippen LogP contribution in [0.25, 0.3) is 0 Å². The van der Waals surface area contributed by atoms with Gasteiger partial charge in [0.2, 0.25) is 6.79 Å². The molecule has 0 bridgehead atoms. The normalized spacial score (nSPS) is 32.5. The smallest absolute Gasteiger partial charge is 0.261 e. The molecule has 6 rings (SSSR count). The standard InChI is InChI=1S/C35H55N3O4S/c1-26-35(27(2)37-36-26,29-16-11-7-8-12-17-29)38(33(39)23-40-30-18-19-31-32(22-30)42-25-41-31)24-34(20-13-21-43-34)28-14-9-5-3-4-6-10-15-28/h18-19,22,26-29,36-37H,3-17,20-21,23-25H2,1-2H3. The highest BCUT2D eigenvalue weighted by atomic mass is 32.2. The Hall–Kier alpha value is -1.64. The van der Waals surface area contributed by atoms with Crippen LogP contribution in [0.4, 0.5) is 0 Å². The first-order chi connectivity index (χ1) is 21.0. The van der Waals surface area contributed by atoms with Crippen LogP contribution in [0.1, 0.15) is 117 Å². The van der Waals surface area contributed by atoms with Crippen LogP contribution in [0.15, 0.2) is 18.2 Å². The van der Waals surface area contributed by atoms with E-state index in [1.807, 2.05) is 18.2 Å². The van der Waals surface area contributed by atoms with Crippen molar-refractivity contribution in [3.63, 3.8) is 0 Å². The fourth-order valence-electron chi connectivity index (χ4n) is 9.35. The van der Waals surface area contributed by atoms with Gasteiger partial charge in [-0.3, -0.25) is 15.6 Å². The Labute approximate surface area is 263 Å². The van der Waals surface area contributed by atoms with E-state index in [1.54, 1.807) is 0 Å². The molecule has 3 aliphatic heterocycles. The fourth-order valence-corrected chi connectivity index (χ4v) is 11.0. The number of benzene rings is 1. The van der Waals surface area contributed by atoms with Gasteiger partial charge in [0.1, 0.15) is 5.75 Å². The number of fused-ring (bicyclic) bond motifs is 1. The van der Waals surface area contributed by atoms with Crippen molar-refractivity contribution in [1.82, 2.24) is 15.8 Å². The topological polar surface area (TPSA) is 72.1 Å². The van der Waals surface area contributed by atoms with Crippen molar-refractivity contribution in [2.24, 2.45) is 11.8 Å². The minimum Gasteiger partial charge on any atom is -0.484 e. The van der Waals surface area contributed by atoms with Gasteiger partial charge in [-0.15, -0.1) is 0 Å². The fraction of sp³-hybridized carbons (Fsp3) is 0.800. The Kier molecular flexibility index (Phi) is 10.4. The molecule has 0 radical (unpaired) electrons. The first-order valence-electron chi connectivity index (χ1n) is 17.5. The summed E-state index contributed by atoms with van der Waals surface area (Å²) in [7, 11) is 0. The van der Waals surface area contributed by atoms with Crippen LogP contribution in [-0.4, -0.2) is 58.9 Å². The molecule has 3 unspecified atom stereocenters. The third kappa shape index (κ3) is 6.53. The van der Waals surface area contributed by atoms with E-state index < -0.39 is 0 Å².